The smallest absolute Gasteiger partial charge is 0.191 e. The van der Waals surface area contributed by atoms with Crippen molar-refractivity contribution in [2.24, 2.45) is 4.99 Å². The number of hydrogen-bond acceptors (Lipinski definition) is 5. The first-order valence-electron chi connectivity index (χ1n) is 10.8. The van der Waals surface area contributed by atoms with Crippen LogP contribution >= 0.6 is 0 Å². The van der Waals surface area contributed by atoms with E-state index in [1.54, 1.807) is 21.3 Å². The molecular weight excluding hydrogens is 392 g/mol. The molecule has 0 radical (unpaired) electrons. The second-order valence-corrected chi connectivity index (χ2v) is 7.44. The summed E-state index contributed by atoms with van der Waals surface area (Å²) in [6.07, 6.45) is 1.01. The molecule has 7 nitrogen and oxygen atoms in total. The minimum atomic E-state index is 0.568. The number of benzene rings is 2. The molecule has 1 aliphatic rings. The highest BCUT2D eigenvalue weighted by Crippen LogP contribution is 2.33. The Hall–Kier alpha value is -2.93. The lowest BCUT2D eigenvalue weighted by molar-refractivity contribution is 0.256. The van der Waals surface area contributed by atoms with E-state index < -0.39 is 0 Å². The van der Waals surface area contributed by atoms with Crippen LogP contribution < -0.4 is 24.8 Å². The molecule has 31 heavy (non-hydrogen) atoms. The molecule has 0 bridgehead atoms. The molecule has 0 aromatic heterocycles. The number of guanidine groups is 1. The summed E-state index contributed by atoms with van der Waals surface area (Å²) in [5.41, 5.74) is 3.72. The Morgan fingerprint density at radius 2 is 1.68 bits per heavy atom. The number of fused-ring (bicyclic) bond motifs is 1. The van der Waals surface area contributed by atoms with Crippen LogP contribution in [0.3, 0.4) is 0 Å². The molecule has 168 valence electrons. The van der Waals surface area contributed by atoms with Crippen molar-refractivity contribution in [1.82, 2.24) is 15.5 Å². The van der Waals surface area contributed by atoms with Gasteiger partial charge in [-0.3, -0.25) is 4.90 Å². The Labute approximate surface area is 185 Å². The van der Waals surface area contributed by atoms with Gasteiger partial charge in [0, 0.05) is 38.3 Å². The van der Waals surface area contributed by atoms with E-state index >= 15 is 0 Å². The first-order valence-corrected chi connectivity index (χ1v) is 10.8. The SMILES string of the molecule is CCNC(=NCc1ccccc1OC)NCCN1CCc2cc(OC)c(OC)cc2C1. The minimum Gasteiger partial charge on any atom is -0.496 e. The number of hydrogen-bond donors (Lipinski definition) is 2. The summed E-state index contributed by atoms with van der Waals surface area (Å²) in [5, 5.41) is 6.77. The zero-order chi connectivity index (χ0) is 22.1. The highest BCUT2D eigenvalue weighted by atomic mass is 16.5. The maximum atomic E-state index is 5.47. The van der Waals surface area contributed by atoms with Crippen molar-refractivity contribution in [3.8, 4) is 17.2 Å². The topological polar surface area (TPSA) is 67.4 Å². The van der Waals surface area contributed by atoms with Crippen LogP contribution in [0.1, 0.15) is 23.6 Å². The average molecular weight is 427 g/mol. The van der Waals surface area contributed by atoms with E-state index in [-0.39, 0.29) is 0 Å². The number of ether oxygens (including phenoxy) is 3. The fourth-order valence-corrected chi connectivity index (χ4v) is 3.80. The summed E-state index contributed by atoms with van der Waals surface area (Å²) in [7, 11) is 5.05. The van der Waals surface area contributed by atoms with Crippen LogP contribution in [0.5, 0.6) is 17.2 Å². The first kappa shape index (κ1) is 22.7. The van der Waals surface area contributed by atoms with Crippen LogP contribution in [0.4, 0.5) is 0 Å². The number of rotatable bonds is 9. The Kier molecular flexibility index (Phi) is 8.41. The first-order chi connectivity index (χ1) is 15.2. The zero-order valence-electron chi connectivity index (χ0n) is 19.0. The number of para-hydroxylation sites is 1. The lowest BCUT2D eigenvalue weighted by Gasteiger charge is -2.29. The zero-order valence-corrected chi connectivity index (χ0v) is 19.0. The lowest BCUT2D eigenvalue weighted by atomic mass is 9.99. The molecule has 0 spiro atoms. The molecule has 0 atom stereocenters. The lowest BCUT2D eigenvalue weighted by Crippen LogP contribution is -2.42. The predicted molar refractivity (Wildman–Crippen MR) is 124 cm³/mol. The van der Waals surface area contributed by atoms with Gasteiger partial charge < -0.3 is 24.8 Å². The second-order valence-electron chi connectivity index (χ2n) is 7.44. The fourth-order valence-electron chi connectivity index (χ4n) is 3.80. The summed E-state index contributed by atoms with van der Waals surface area (Å²) in [6, 6.07) is 12.2. The van der Waals surface area contributed by atoms with Crippen LogP contribution in [0.25, 0.3) is 0 Å². The van der Waals surface area contributed by atoms with Crippen LogP contribution in [0.15, 0.2) is 41.4 Å². The van der Waals surface area contributed by atoms with Gasteiger partial charge in [-0.2, -0.15) is 0 Å². The summed E-state index contributed by atoms with van der Waals surface area (Å²) >= 11 is 0. The number of nitrogens with zero attached hydrogens (tertiary/aromatic N) is 2. The van der Waals surface area contributed by atoms with Gasteiger partial charge in [-0.15, -0.1) is 0 Å². The van der Waals surface area contributed by atoms with Crippen molar-refractivity contribution >= 4 is 5.96 Å². The van der Waals surface area contributed by atoms with Crippen molar-refractivity contribution in [2.45, 2.75) is 26.4 Å². The monoisotopic (exact) mass is 426 g/mol. The van der Waals surface area contributed by atoms with E-state index in [4.69, 9.17) is 19.2 Å². The Morgan fingerprint density at radius 1 is 0.968 bits per heavy atom. The molecule has 0 unspecified atom stereocenters. The van der Waals surface area contributed by atoms with Gasteiger partial charge in [0.05, 0.1) is 27.9 Å². The summed E-state index contributed by atoms with van der Waals surface area (Å²) in [5.74, 6) is 3.27. The van der Waals surface area contributed by atoms with Crippen molar-refractivity contribution in [2.75, 3.05) is 47.5 Å². The third kappa shape index (κ3) is 6.04. The minimum absolute atomic E-state index is 0.568. The molecule has 7 heteroatoms. The van der Waals surface area contributed by atoms with Crippen LogP contribution in [-0.4, -0.2) is 58.4 Å². The Morgan fingerprint density at radius 3 is 2.39 bits per heavy atom. The molecule has 0 fully saturated rings. The van der Waals surface area contributed by atoms with Crippen LogP contribution in [-0.2, 0) is 19.5 Å². The molecule has 0 saturated heterocycles. The number of aliphatic imine (C=N–C) groups is 1. The Bertz CT molecular complexity index is 885. The molecule has 2 aromatic carbocycles. The maximum absolute atomic E-state index is 5.47. The van der Waals surface area contributed by atoms with Crippen LogP contribution in [0.2, 0.25) is 0 Å². The molecule has 3 rings (SSSR count). The van der Waals surface area contributed by atoms with Gasteiger partial charge in [-0.25, -0.2) is 4.99 Å². The largest absolute Gasteiger partial charge is 0.496 e. The fraction of sp³-hybridized carbons (Fsp3) is 0.458. The van der Waals surface area contributed by atoms with Gasteiger partial charge in [0.1, 0.15) is 5.75 Å². The molecule has 1 aliphatic heterocycles. The average Bonchev–Trinajstić information content (AvgIpc) is 2.81. The molecule has 1 heterocycles. The van der Waals surface area contributed by atoms with Gasteiger partial charge in [0.15, 0.2) is 17.5 Å². The highest BCUT2D eigenvalue weighted by molar-refractivity contribution is 5.79. The Balaban J connectivity index is 1.55. The molecule has 0 saturated carbocycles. The third-order valence-electron chi connectivity index (χ3n) is 5.46. The van der Waals surface area contributed by atoms with Crippen molar-refractivity contribution < 1.29 is 14.2 Å². The third-order valence-corrected chi connectivity index (χ3v) is 5.46. The van der Waals surface area contributed by atoms with Gasteiger partial charge in [0.25, 0.3) is 0 Å². The molecule has 2 aromatic rings. The maximum Gasteiger partial charge on any atom is 0.191 e. The van der Waals surface area contributed by atoms with Gasteiger partial charge in [-0.1, -0.05) is 18.2 Å². The van der Waals surface area contributed by atoms with E-state index in [0.717, 1.165) is 67.9 Å². The van der Waals surface area contributed by atoms with Gasteiger partial charge >= 0.3 is 0 Å². The summed E-state index contributed by atoms with van der Waals surface area (Å²) < 4.78 is 16.3. The van der Waals surface area contributed by atoms with Gasteiger partial charge in [0.2, 0.25) is 0 Å². The standard InChI is InChI=1S/C24H34N4O3/c1-5-25-24(27-16-19-8-6-7-9-21(19)29-2)26-11-13-28-12-10-18-14-22(30-3)23(31-4)15-20(18)17-28/h6-9,14-15H,5,10-13,16-17H2,1-4H3,(H2,25,26,27). The van der Waals surface area contributed by atoms with E-state index in [1.807, 2.05) is 24.3 Å². The summed E-state index contributed by atoms with van der Waals surface area (Å²) in [4.78, 5) is 7.17. The molecule has 2 N–H and O–H groups in total. The van der Waals surface area contributed by atoms with E-state index in [2.05, 4.69) is 34.6 Å². The molecule has 0 aliphatic carbocycles. The second kappa shape index (κ2) is 11.5. The molecular formula is C24H34N4O3. The predicted octanol–water partition coefficient (Wildman–Crippen LogP) is 2.83. The van der Waals surface area contributed by atoms with Gasteiger partial charge in [-0.05, 0) is 42.7 Å². The normalized spacial score (nSPS) is 14.0. The van der Waals surface area contributed by atoms with Crippen molar-refractivity contribution in [3.05, 3.63) is 53.1 Å². The highest BCUT2D eigenvalue weighted by Gasteiger charge is 2.19. The van der Waals surface area contributed by atoms with Crippen LogP contribution in [0, 0.1) is 0 Å². The quantitative estimate of drug-likeness (QED) is 0.475. The van der Waals surface area contributed by atoms with Crippen molar-refractivity contribution in [3.63, 3.8) is 0 Å². The summed E-state index contributed by atoms with van der Waals surface area (Å²) in [6.45, 7) is 7.15. The van der Waals surface area contributed by atoms with E-state index in [9.17, 15) is 0 Å². The number of methoxy groups -OCH3 is 3. The molecule has 0 amide bonds. The number of nitrogens with one attached hydrogen (secondary N) is 2. The van der Waals surface area contributed by atoms with E-state index in [0.29, 0.717) is 6.54 Å². The van der Waals surface area contributed by atoms with Crippen molar-refractivity contribution in [1.29, 1.82) is 0 Å². The van der Waals surface area contributed by atoms with E-state index in [1.165, 1.54) is 11.1 Å².